The van der Waals surface area contributed by atoms with Gasteiger partial charge in [0.2, 0.25) is 0 Å². The molecule has 0 aromatic carbocycles. The number of hydrogen-bond donors (Lipinski definition) is 0. The second kappa shape index (κ2) is 2.01. The van der Waals surface area contributed by atoms with Gasteiger partial charge in [0.05, 0.1) is 0 Å². The van der Waals surface area contributed by atoms with E-state index in [9.17, 15) is 0 Å². The van der Waals surface area contributed by atoms with Crippen LogP contribution in [0.4, 0.5) is 0 Å². The fourth-order valence-electron chi connectivity index (χ4n) is 0. The second-order valence-electron chi connectivity index (χ2n) is 2.38. The third-order valence-electron chi connectivity index (χ3n) is 0.866. The Balaban J connectivity index is 3.17. The highest BCUT2D eigenvalue weighted by Gasteiger charge is 1.98. The summed E-state index contributed by atoms with van der Waals surface area (Å²) in [4.78, 5) is 0. The molecule has 0 aliphatic heterocycles. The molecule has 0 saturated heterocycles. The van der Waals surface area contributed by atoms with Crippen LogP contribution in [-0.2, 0) is 0 Å². The summed E-state index contributed by atoms with van der Waals surface area (Å²) in [5.41, 5.74) is 0. The molecule has 0 N–H and O–H groups in total. The minimum absolute atomic E-state index is 0.162. The molecule has 0 atom stereocenters. The predicted molar refractivity (Wildman–Crippen MR) is 43.6 cm³/mol. The summed E-state index contributed by atoms with van der Waals surface area (Å²) < 4.78 is 0. The molecule has 0 aromatic rings. The topological polar surface area (TPSA) is 0 Å². The average Bonchev–Trinajstić information content (AvgIpc) is 1.35. The fraction of sp³-hybridized carbons (Fsp3) is 1.00. The summed E-state index contributed by atoms with van der Waals surface area (Å²) in [5.74, 6) is 0. The van der Waals surface area contributed by atoms with Gasteiger partial charge in [0.1, 0.15) is 20.8 Å². The maximum Gasteiger partial charge on any atom is 0.149 e. The fourth-order valence-corrected chi connectivity index (χ4v) is 0. The van der Waals surface area contributed by atoms with Crippen LogP contribution in [0.25, 0.3) is 0 Å². The van der Waals surface area contributed by atoms with E-state index in [1.165, 1.54) is 6.56 Å². The van der Waals surface area contributed by atoms with Gasteiger partial charge in [-0.2, -0.15) is 0 Å². The Labute approximate surface area is 44.1 Å². The third-order valence-corrected chi connectivity index (χ3v) is 2.60. The van der Waals surface area contributed by atoms with Crippen molar-refractivity contribution in [2.24, 2.45) is 0 Å². The molecule has 0 aromatic heterocycles. The van der Waals surface area contributed by atoms with Crippen molar-refractivity contribution in [2.45, 2.75) is 6.82 Å². The molecule has 4 heteroatoms. The van der Waals surface area contributed by atoms with Crippen LogP contribution in [0, 0.1) is 0 Å². The van der Waals surface area contributed by atoms with Crippen molar-refractivity contribution in [3.05, 3.63) is 0 Å². The lowest BCUT2D eigenvalue weighted by Crippen LogP contribution is -2.00. The molecular weight excluding hydrogens is 88.5 g/mol. The summed E-state index contributed by atoms with van der Waals surface area (Å²) in [6.45, 7) is 3.60. The third kappa shape index (κ3) is 4.54. The van der Waals surface area contributed by atoms with E-state index in [4.69, 9.17) is 0 Å². The Bertz CT molecular complexity index is 38.5. The van der Waals surface area contributed by atoms with Gasteiger partial charge in [-0.15, -0.1) is 0 Å². The van der Waals surface area contributed by atoms with Crippen LogP contribution in [0.2, 0.25) is 6.82 Å². The first kappa shape index (κ1) is 6.54. The van der Waals surface area contributed by atoms with E-state index in [2.05, 4.69) is 27.3 Å². The van der Waals surface area contributed by atoms with Gasteiger partial charge in [0, 0.05) is 0 Å². The standard InChI is InChI=1S/C2H11B3S/c1-5-6(2,3)4/h5H,3-4H2,1-2H3. The Morgan fingerprint density at radius 2 is 1.67 bits per heavy atom. The number of hydrogen-bond acceptors (Lipinski definition) is 0. The van der Waals surface area contributed by atoms with Crippen molar-refractivity contribution in [2.75, 3.05) is 6.26 Å². The molecule has 0 saturated carbocycles. The molecular formula is C2H11B3S. The zero-order chi connectivity index (χ0) is 5.21. The molecule has 34 valence electrons. The van der Waals surface area contributed by atoms with Gasteiger partial charge < -0.3 is 9.58 Å². The molecule has 0 nitrogen and oxygen atoms in total. The van der Waals surface area contributed by atoms with Crippen LogP contribution < -0.4 is 0 Å². The van der Waals surface area contributed by atoms with Crippen molar-refractivity contribution in [1.29, 1.82) is 0 Å². The zero-order valence-corrected chi connectivity index (χ0v) is 5.93. The van der Waals surface area contributed by atoms with Crippen LogP contribution in [0.1, 0.15) is 0 Å². The van der Waals surface area contributed by atoms with E-state index in [0.29, 0.717) is 0 Å². The van der Waals surface area contributed by atoms with Crippen LogP contribution in [0.15, 0.2) is 0 Å². The molecule has 0 heterocycles. The van der Waals surface area contributed by atoms with Crippen LogP contribution >= 0.6 is 9.58 Å². The first-order valence-electron chi connectivity index (χ1n) is 2.22. The molecule has 0 unspecified atom stereocenters. The SMILES string of the molecule is BS(B)(C)BC. The van der Waals surface area contributed by atoms with E-state index in [1.807, 2.05) is 0 Å². The maximum absolute atomic E-state index is 2.33. The Kier molecular flexibility index (Phi) is 2.19. The first-order valence-corrected chi connectivity index (χ1v) is 5.25. The Morgan fingerprint density at radius 3 is 1.67 bits per heavy atom. The molecule has 0 bridgehead atoms. The summed E-state index contributed by atoms with van der Waals surface area (Å²) in [5, 5.41) is 0. The van der Waals surface area contributed by atoms with Crippen molar-refractivity contribution < 1.29 is 0 Å². The van der Waals surface area contributed by atoms with E-state index < -0.39 is 0 Å². The Morgan fingerprint density at radius 1 is 1.50 bits per heavy atom. The Hall–Kier alpha value is 0.545. The molecule has 6 heavy (non-hydrogen) atoms. The van der Waals surface area contributed by atoms with E-state index in [1.54, 1.807) is 0 Å². The predicted octanol–water partition coefficient (Wildman–Crippen LogP) is -1.08. The zero-order valence-electron chi connectivity index (χ0n) is 5.12. The van der Waals surface area contributed by atoms with Crippen molar-refractivity contribution in [3.63, 3.8) is 0 Å². The quantitative estimate of drug-likeness (QED) is 0.367. The molecule has 0 radical (unpaired) electrons. The van der Waals surface area contributed by atoms with Crippen molar-refractivity contribution in [1.82, 2.24) is 0 Å². The van der Waals surface area contributed by atoms with Gasteiger partial charge in [0.15, 0.2) is 0 Å². The molecule has 0 amide bonds. The van der Waals surface area contributed by atoms with Gasteiger partial charge in [-0.3, -0.25) is 0 Å². The summed E-state index contributed by atoms with van der Waals surface area (Å²) >= 11 is 0. The van der Waals surface area contributed by atoms with E-state index >= 15 is 0 Å². The number of rotatable bonds is 1. The highest BCUT2D eigenvalue weighted by atomic mass is 32.3. The van der Waals surface area contributed by atoms with Gasteiger partial charge in [0.25, 0.3) is 0 Å². The molecule has 0 aliphatic rings. The average molecular weight is 99.6 g/mol. The summed E-state index contributed by atoms with van der Waals surface area (Å²) in [7, 11) is 4.49. The summed E-state index contributed by atoms with van der Waals surface area (Å²) in [6, 6.07) is 0. The molecule has 0 rings (SSSR count). The smallest absolute Gasteiger partial charge is 0.149 e. The highest BCUT2D eigenvalue weighted by Crippen LogP contribution is 2.27. The molecule has 0 fully saturated rings. The van der Waals surface area contributed by atoms with Gasteiger partial charge in [-0.05, 0) is 0 Å². The maximum atomic E-state index is 2.33. The monoisotopic (exact) mass is 100 g/mol. The lowest BCUT2D eigenvalue weighted by Gasteiger charge is -2.20. The van der Waals surface area contributed by atoms with E-state index in [-0.39, 0.29) is 9.58 Å². The molecule has 0 spiro atoms. The molecule has 0 aliphatic carbocycles. The first-order chi connectivity index (χ1) is 2.56. The second-order valence-corrected chi connectivity index (χ2v) is 7.14. The van der Waals surface area contributed by atoms with Crippen LogP contribution in [0.3, 0.4) is 0 Å². The summed E-state index contributed by atoms with van der Waals surface area (Å²) in [6.07, 6.45) is 2.33. The lowest BCUT2D eigenvalue weighted by molar-refractivity contribution is 2.35. The minimum Gasteiger partial charge on any atom is -0.349 e. The largest absolute Gasteiger partial charge is 0.349 e. The van der Waals surface area contributed by atoms with Gasteiger partial charge in [-0.1, -0.05) is 13.1 Å². The van der Waals surface area contributed by atoms with Gasteiger partial charge >= 0.3 is 0 Å². The van der Waals surface area contributed by atoms with Crippen molar-refractivity contribution >= 4 is 30.4 Å². The van der Waals surface area contributed by atoms with Gasteiger partial charge in [-0.25, -0.2) is 0 Å². The van der Waals surface area contributed by atoms with Crippen LogP contribution in [0.5, 0.6) is 0 Å². The lowest BCUT2D eigenvalue weighted by atomic mass is 10.2. The minimum atomic E-state index is -0.162. The van der Waals surface area contributed by atoms with Crippen LogP contribution in [-0.4, -0.2) is 27.1 Å². The van der Waals surface area contributed by atoms with Crippen molar-refractivity contribution in [3.8, 4) is 0 Å². The normalized spacial score (nSPS) is 13.7. The van der Waals surface area contributed by atoms with E-state index in [0.717, 1.165) is 0 Å². The highest BCUT2D eigenvalue weighted by molar-refractivity contribution is 8.77.